The molecule has 1 aromatic heterocycles. The number of ether oxygens (including phenoxy) is 2. The van der Waals surface area contributed by atoms with Crippen molar-refractivity contribution in [3.8, 4) is 22.8 Å². The smallest absolute Gasteiger partial charge is 0.163 e. The molecule has 0 radical (unpaired) electrons. The number of benzene rings is 1. The van der Waals surface area contributed by atoms with E-state index < -0.39 is 0 Å². The van der Waals surface area contributed by atoms with E-state index in [-0.39, 0.29) is 0 Å². The van der Waals surface area contributed by atoms with E-state index in [1.165, 1.54) is 32.3 Å². The molecule has 134 valence electrons. The number of hydrogen-bond acceptors (Lipinski definition) is 6. The summed E-state index contributed by atoms with van der Waals surface area (Å²) < 4.78 is 11.3. The Morgan fingerprint density at radius 1 is 1.24 bits per heavy atom. The van der Waals surface area contributed by atoms with Crippen LogP contribution in [0.3, 0.4) is 0 Å². The lowest BCUT2D eigenvalue weighted by Crippen LogP contribution is -2.21. The van der Waals surface area contributed by atoms with E-state index in [1.54, 1.807) is 25.4 Å². The van der Waals surface area contributed by atoms with Crippen molar-refractivity contribution in [1.29, 1.82) is 0 Å². The number of anilines is 1. The summed E-state index contributed by atoms with van der Waals surface area (Å²) in [6.45, 7) is 4.08. The molecule has 0 saturated carbocycles. The molecule has 0 amide bonds. The Hall–Kier alpha value is -2.05. The van der Waals surface area contributed by atoms with Gasteiger partial charge in [0.15, 0.2) is 11.5 Å². The molecule has 2 aromatic rings. The van der Waals surface area contributed by atoms with Crippen molar-refractivity contribution in [2.45, 2.75) is 19.3 Å². The van der Waals surface area contributed by atoms with Crippen LogP contribution < -0.4 is 15.2 Å². The quantitative estimate of drug-likeness (QED) is 0.602. The monoisotopic (exact) mass is 362 g/mol. The first kappa shape index (κ1) is 17.8. The summed E-state index contributed by atoms with van der Waals surface area (Å²) in [4.78, 5) is 10.6. The molecule has 25 heavy (non-hydrogen) atoms. The lowest BCUT2D eigenvalue weighted by molar-refractivity contribution is 0.254. The van der Waals surface area contributed by atoms with Crippen molar-refractivity contribution in [3.05, 3.63) is 29.7 Å². The number of rotatable bonds is 7. The van der Waals surface area contributed by atoms with Gasteiger partial charge in [0, 0.05) is 30.1 Å². The zero-order chi connectivity index (χ0) is 17.6. The highest BCUT2D eigenvalue weighted by Crippen LogP contribution is 2.38. The van der Waals surface area contributed by atoms with Gasteiger partial charge in [-0.3, -0.25) is 0 Å². The normalized spacial score (nSPS) is 14.6. The fourth-order valence-corrected chi connectivity index (χ4v) is 3.25. The van der Waals surface area contributed by atoms with E-state index in [4.69, 9.17) is 26.8 Å². The van der Waals surface area contributed by atoms with Gasteiger partial charge in [-0.1, -0.05) is 11.6 Å². The fraction of sp³-hybridized carbons (Fsp3) is 0.444. The van der Waals surface area contributed by atoms with Gasteiger partial charge in [0.1, 0.15) is 6.33 Å². The first-order chi connectivity index (χ1) is 12.2. The van der Waals surface area contributed by atoms with E-state index in [2.05, 4.69) is 14.9 Å². The number of aromatic nitrogens is 2. The predicted molar refractivity (Wildman–Crippen MR) is 99.2 cm³/mol. The highest BCUT2D eigenvalue weighted by molar-refractivity contribution is 6.33. The molecule has 1 aliphatic heterocycles. The van der Waals surface area contributed by atoms with Crippen molar-refractivity contribution < 1.29 is 9.47 Å². The van der Waals surface area contributed by atoms with Crippen LogP contribution in [0.15, 0.2) is 24.7 Å². The number of hydrogen-bond donors (Lipinski definition) is 1. The standard InChI is InChI=1S/C18H23ClN4O2/c1-24-16-9-13(18-14(19)11-21-12-22-18)15(20)10-17(16)25-8-4-7-23-5-2-3-6-23/h9-12H,2-8,20H2,1H3. The highest BCUT2D eigenvalue weighted by atomic mass is 35.5. The summed E-state index contributed by atoms with van der Waals surface area (Å²) in [6, 6.07) is 3.57. The van der Waals surface area contributed by atoms with Crippen LogP contribution in [0.4, 0.5) is 5.69 Å². The topological polar surface area (TPSA) is 73.5 Å². The first-order valence-corrected chi connectivity index (χ1v) is 8.85. The van der Waals surface area contributed by atoms with Crippen molar-refractivity contribution in [3.63, 3.8) is 0 Å². The summed E-state index contributed by atoms with van der Waals surface area (Å²) in [5.74, 6) is 1.25. The molecule has 0 bridgehead atoms. The molecular formula is C18H23ClN4O2. The third-order valence-corrected chi connectivity index (χ3v) is 4.61. The summed E-state index contributed by atoms with van der Waals surface area (Å²) >= 11 is 6.17. The largest absolute Gasteiger partial charge is 0.493 e. The van der Waals surface area contributed by atoms with Gasteiger partial charge in [-0.05, 0) is 38.4 Å². The maximum absolute atomic E-state index is 6.19. The Bertz CT molecular complexity index is 720. The molecule has 3 rings (SSSR count). The van der Waals surface area contributed by atoms with Crippen LogP contribution in [-0.2, 0) is 0 Å². The molecule has 6 nitrogen and oxygen atoms in total. The molecular weight excluding hydrogens is 340 g/mol. The van der Waals surface area contributed by atoms with Crippen molar-refractivity contribution in [1.82, 2.24) is 14.9 Å². The lowest BCUT2D eigenvalue weighted by Gasteiger charge is -2.16. The Kier molecular flexibility index (Phi) is 5.94. The third kappa shape index (κ3) is 4.32. The Morgan fingerprint density at radius 2 is 2.04 bits per heavy atom. The molecule has 0 atom stereocenters. The van der Waals surface area contributed by atoms with E-state index in [0.717, 1.165) is 13.0 Å². The second-order valence-corrected chi connectivity index (χ2v) is 6.47. The average molecular weight is 363 g/mol. The Balaban J connectivity index is 1.70. The maximum Gasteiger partial charge on any atom is 0.163 e. The van der Waals surface area contributed by atoms with Gasteiger partial charge in [-0.15, -0.1) is 0 Å². The zero-order valence-electron chi connectivity index (χ0n) is 14.4. The maximum atomic E-state index is 6.19. The SMILES string of the molecule is COc1cc(-c2ncncc2Cl)c(N)cc1OCCCN1CCCC1. The van der Waals surface area contributed by atoms with Crippen molar-refractivity contribution in [2.24, 2.45) is 0 Å². The van der Waals surface area contributed by atoms with Gasteiger partial charge in [-0.25, -0.2) is 9.97 Å². The fourth-order valence-electron chi connectivity index (χ4n) is 3.04. The van der Waals surface area contributed by atoms with Crippen LogP contribution in [0.1, 0.15) is 19.3 Å². The molecule has 1 saturated heterocycles. The van der Waals surface area contributed by atoms with Crippen LogP contribution in [0, 0.1) is 0 Å². The highest BCUT2D eigenvalue weighted by Gasteiger charge is 2.15. The minimum atomic E-state index is 0.440. The average Bonchev–Trinajstić information content (AvgIpc) is 3.13. The molecule has 1 aliphatic rings. The molecule has 0 unspecified atom stereocenters. The summed E-state index contributed by atoms with van der Waals surface area (Å²) in [5.41, 5.74) is 8.00. The lowest BCUT2D eigenvalue weighted by atomic mass is 10.1. The molecule has 2 heterocycles. The molecule has 1 aromatic carbocycles. The van der Waals surface area contributed by atoms with Crippen LogP contribution >= 0.6 is 11.6 Å². The summed E-state index contributed by atoms with van der Waals surface area (Å²) in [7, 11) is 1.61. The minimum absolute atomic E-state index is 0.440. The van der Waals surface area contributed by atoms with E-state index in [0.29, 0.717) is 40.1 Å². The molecule has 7 heteroatoms. The van der Waals surface area contributed by atoms with Crippen LogP contribution in [0.5, 0.6) is 11.5 Å². The van der Waals surface area contributed by atoms with Gasteiger partial charge in [0.25, 0.3) is 0 Å². The Morgan fingerprint density at radius 3 is 2.76 bits per heavy atom. The summed E-state index contributed by atoms with van der Waals surface area (Å²) in [5, 5.41) is 0.440. The van der Waals surface area contributed by atoms with Gasteiger partial charge < -0.3 is 20.1 Å². The van der Waals surface area contributed by atoms with Gasteiger partial charge in [-0.2, -0.15) is 0 Å². The number of halogens is 1. The Labute approximate surface area is 152 Å². The van der Waals surface area contributed by atoms with Gasteiger partial charge in [0.05, 0.1) is 24.4 Å². The van der Waals surface area contributed by atoms with Gasteiger partial charge in [0.2, 0.25) is 0 Å². The van der Waals surface area contributed by atoms with Crippen molar-refractivity contribution in [2.75, 3.05) is 39.1 Å². The number of methoxy groups -OCH3 is 1. The van der Waals surface area contributed by atoms with Crippen LogP contribution in [0.25, 0.3) is 11.3 Å². The number of nitrogens with zero attached hydrogens (tertiary/aromatic N) is 3. The van der Waals surface area contributed by atoms with Crippen LogP contribution in [0.2, 0.25) is 5.02 Å². The second-order valence-electron chi connectivity index (χ2n) is 6.06. The number of nitrogen functional groups attached to an aromatic ring is 1. The van der Waals surface area contributed by atoms with Crippen LogP contribution in [-0.4, -0.2) is 48.2 Å². The van der Waals surface area contributed by atoms with E-state index in [1.807, 2.05) is 0 Å². The van der Waals surface area contributed by atoms with Crippen molar-refractivity contribution >= 4 is 17.3 Å². The predicted octanol–water partition coefficient (Wildman–Crippen LogP) is 3.25. The molecule has 0 spiro atoms. The second kappa shape index (κ2) is 8.36. The number of nitrogens with two attached hydrogens (primary N) is 1. The van der Waals surface area contributed by atoms with E-state index in [9.17, 15) is 0 Å². The van der Waals surface area contributed by atoms with Gasteiger partial charge >= 0.3 is 0 Å². The first-order valence-electron chi connectivity index (χ1n) is 8.47. The molecule has 0 aliphatic carbocycles. The minimum Gasteiger partial charge on any atom is -0.493 e. The van der Waals surface area contributed by atoms with E-state index >= 15 is 0 Å². The number of likely N-dealkylation sites (tertiary alicyclic amines) is 1. The zero-order valence-corrected chi connectivity index (χ0v) is 15.1. The summed E-state index contributed by atoms with van der Waals surface area (Å²) in [6.07, 6.45) is 6.56. The molecule has 2 N–H and O–H groups in total. The third-order valence-electron chi connectivity index (χ3n) is 4.33. The molecule has 1 fully saturated rings.